The van der Waals surface area contributed by atoms with Gasteiger partial charge in [-0.15, -0.1) is 11.3 Å². The molecule has 0 fully saturated rings. The minimum Gasteiger partial charge on any atom is -0.230 e. The number of hydrogen-bond acceptors (Lipinski definition) is 2. The predicted octanol–water partition coefficient (Wildman–Crippen LogP) is 4.21. The van der Waals surface area contributed by atoms with E-state index in [-0.39, 0.29) is 0 Å². The first-order valence-corrected chi connectivity index (χ1v) is 5.73. The Balaban J connectivity index is 2.88. The van der Waals surface area contributed by atoms with Crippen LogP contribution < -0.4 is 0 Å². The standard InChI is InChI=1S/C7H2Cl2INS/c8-3-1-4(9)6-5(2-3)11-7(10)12-6/h1-2H. The van der Waals surface area contributed by atoms with E-state index in [2.05, 4.69) is 27.6 Å². The Labute approximate surface area is 96.8 Å². The van der Waals surface area contributed by atoms with Gasteiger partial charge < -0.3 is 0 Å². The smallest absolute Gasteiger partial charge is 0.155 e. The highest BCUT2D eigenvalue weighted by Crippen LogP contribution is 2.32. The molecule has 0 aliphatic rings. The van der Waals surface area contributed by atoms with Gasteiger partial charge in [0.25, 0.3) is 0 Å². The summed E-state index contributed by atoms with van der Waals surface area (Å²) in [6.45, 7) is 0. The van der Waals surface area contributed by atoms with E-state index in [1.165, 1.54) is 0 Å². The maximum atomic E-state index is 5.96. The quantitative estimate of drug-likeness (QED) is 0.660. The van der Waals surface area contributed by atoms with Gasteiger partial charge in [0.15, 0.2) is 3.01 Å². The van der Waals surface area contributed by atoms with Gasteiger partial charge in [0.2, 0.25) is 0 Å². The first-order valence-electron chi connectivity index (χ1n) is 3.08. The van der Waals surface area contributed by atoms with E-state index in [4.69, 9.17) is 23.2 Å². The Morgan fingerprint density at radius 2 is 2.08 bits per heavy atom. The molecule has 1 nitrogen and oxygen atoms in total. The molecule has 1 aromatic carbocycles. The second kappa shape index (κ2) is 3.29. The lowest BCUT2D eigenvalue weighted by Gasteiger charge is -1.92. The fourth-order valence-electron chi connectivity index (χ4n) is 0.933. The van der Waals surface area contributed by atoms with Crippen LogP contribution in [0.2, 0.25) is 10.0 Å². The molecule has 0 amide bonds. The van der Waals surface area contributed by atoms with Crippen molar-refractivity contribution in [1.29, 1.82) is 0 Å². The molecule has 1 aromatic heterocycles. The fraction of sp³-hybridized carbons (Fsp3) is 0. The highest BCUT2D eigenvalue weighted by molar-refractivity contribution is 14.1. The summed E-state index contributed by atoms with van der Waals surface area (Å²) >= 11 is 15.5. The van der Waals surface area contributed by atoms with Crippen molar-refractivity contribution in [1.82, 2.24) is 4.98 Å². The van der Waals surface area contributed by atoms with Crippen LogP contribution in [-0.2, 0) is 0 Å². The molecular formula is C7H2Cl2INS. The van der Waals surface area contributed by atoms with Crippen molar-refractivity contribution in [2.75, 3.05) is 0 Å². The molecule has 1 heterocycles. The van der Waals surface area contributed by atoms with Crippen molar-refractivity contribution in [3.05, 3.63) is 25.2 Å². The van der Waals surface area contributed by atoms with Gasteiger partial charge in [-0.3, -0.25) is 0 Å². The first-order chi connectivity index (χ1) is 5.66. The number of rotatable bonds is 0. The van der Waals surface area contributed by atoms with Gasteiger partial charge in [-0.25, -0.2) is 4.98 Å². The Bertz CT molecular complexity index is 440. The van der Waals surface area contributed by atoms with E-state index in [0.717, 1.165) is 13.2 Å². The highest BCUT2D eigenvalue weighted by atomic mass is 127. The van der Waals surface area contributed by atoms with E-state index in [9.17, 15) is 0 Å². The predicted molar refractivity (Wildman–Crippen MR) is 62.4 cm³/mol. The molecule has 62 valence electrons. The van der Waals surface area contributed by atoms with E-state index < -0.39 is 0 Å². The molecule has 0 spiro atoms. The van der Waals surface area contributed by atoms with E-state index in [1.807, 2.05) is 6.07 Å². The van der Waals surface area contributed by atoms with Crippen LogP contribution >= 0.6 is 57.1 Å². The van der Waals surface area contributed by atoms with E-state index in [0.29, 0.717) is 10.0 Å². The Hall–Kier alpha value is 0.420. The topological polar surface area (TPSA) is 12.9 Å². The van der Waals surface area contributed by atoms with E-state index >= 15 is 0 Å². The summed E-state index contributed by atoms with van der Waals surface area (Å²) in [4.78, 5) is 4.27. The second-order valence-electron chi connectivity index (χ2n) is 2.20. The molecule has 0 unspecified atom stereocenters. The zero-order valence-corrected chi connectivity index (χ0v) is 10.1. The van der Waals surface area contributed by atoms with Gasteiger partial charge in [0.1, 0.15) is 0 Å². The Morgan fingerprint density at radius 1 is 1.33 bits per heavy atom. The monoisotopic (exact) mass is 329 g/mol. The minimum absolute atomic E-state index is 0.634. The molecule has 0 aliphatic carbocycles. The summed E-state index contributed by atoms with van der Waals surface area (Å²) in [6.07, 6.45) is 0. The van der Waals surface area contributed by atoms with Crippen LogP contribution in [0.4, 0.5) is 0 Å². The van der Waals surface area contributed by atoms with Crippen molar-refractivity contribution in [3.8, 4) is 0 Å². The average Bonchev–Trinajstić information content (AvgIpc) is 2.29. The lowest BCUT2D eigenvalue weighted by Crippen LogP contribution is -1.70. The summed E-state index contributed by atoms with van der Waals surface area (Å²) in [5.41, 5.74) is 0.877. The van der Waals surface area contributed by atoms with Gasteiger partial charge in [0, 0.05) is 5.02 Å². The molecule has 12 heavy (non-hydrogen) atoms. The minimum atomic E-state index is 0.634. The molecule has 5 heteroatoms. The number of hydrogen-bond donors (Lipinski definition) is 0. The zero-order valence-electron chi connectivity index (χ0n) is 5.64. The van der Waals surface area contributed by atoms with E-state index in [1.54, 1.807) is 17.4 Å². The molecule has 0 atom stereocenters. The number of benzene rings is 1. The molecule has 2 rings (SSSR count). The van der Waals surface area contributed by atoms with Crippen LogP contribution in [0, 0.1) is 3.01 Å². The number of halogens is 3. The molecule has 0 bridgehead atoms. The van der Waals surface area contributed by atoms with Crippen molar-refractivity contribution in [3.63, 3.8) is 0 Å². The van der Waals surface area contributed by atoms with Crippen LogP contribution in [0.1, 0.15) is 0 Å². The first kappa shape index (κ1) is 8.99. The van der Waals surface area contributed by atoms with Crippen molar-refractivity contribution >= 4 is 67.3 Å². The van der Waals surface area contributed by atoms with Gasteiger partial charge in [-0.05, 0) is 34.7 Å². The van der Waals surface area contributed by atoms with Crippen LogP contribution in [0.3, 0.4) is 0 Å². The second-order valence-corrected chi connectivity index (χ2v) is 5.80. The third kappa shape index (κ3) is 1.55. The average molecular weight is 330 g/mol. The normalized spacial score (nSPS) is 10.9. The Kier molecular flexibility index (Phi) is 2.46. The Morgan fingerprint density at radius 3 is 2.83 bits per heavy atom. The van der Waals surface area contributed by atoms with Crippen LogP contribution in [0.25, 0.3) is 10.2 Å². The molecular weight excluding hydrogens is 328 g/mol. The molecule has 0 saturated carbocycles. The molecule has 2 aromatic rings. The number of aromatic nitrogens is 1. The van der Waals surface area contributed by atoms with Crippen LogP contribution in [0.5, 0.6) is 0 Å². The summed E-state index contributed by atoms with van der Waals surface area (Å²) in [5.74, 6) is 0. The molecule has 0 aliphatic heterocycles. The number of thiazole rings is 1. The summed E-state index contributed by atoms with van der Waals surface area (Å²) in [5, 5.41) is 1.31. The van der Waals surface area contributed by atoms with Crippen molar-refractivity contribution in [2.45, 2.75) is 0 Å². The van der Waals surface area contributed by atoms with Crippen molar-refractivity contribution in [2.24, 2.45) is 0 Å². The number of fused-ring (bicyclic) bond motifs is 1. The number of nitrogens with zero attached hydrogens (tertiary/aromatic N) is 1. The van der Waals surface area contributed by atoms with Gasteiger partial charge >= 0.3 is 0 Å². The third-order valence-corrected chi connectivity index (χ3v) is 3.81. The maximum absolute atomic E-state index is 5.96. The summed E-state index contributed by atoms with van der Waals surface area (Å²) in [6, 6.07) is 3.56. The molecule has 0 N–H and O–H groups in total. The van der Waals surface area contributed by atoms with Gasteiger partial charge in [-0.2, -0.15) is 0 Å². The summed E-state index contributed by atoms with van der Waals surface area (Å²) < 4.78 is 1.98. The maximum Gasteiger partial charge on any atom is 0.155 e. The fourth-order valence-corrected chi connectivity index (χ4v) is 3.13. The highest BCUT2D eigenvalue weighted by Gasteiger charge is 2.06. The zero-order chi connectivity index (χ0) is 8.72. The van der Waals surface area contributed by atoms with Crippen LogP contribution in [-0.4, -0.2) is 4.98 Å². The van der Waals surface area contributed by atoms with Gasteiger partial charge in [0.05, 0.1) is 15.2 Å². The SMILES string of the molecule is Clc1cc(Cl)c2sc(I)nc2c1. The summed E-state index contributed by atoms with van der Waals surface area (Å²) in [7, 11) is 0. The lowest BCUT2D eigenvalue weighted by molar-refractivity contribution is 1.45. The molecule has 0 saturated heterocycles. The molecule has 0 radical (unpaired) electrons. The van der Waals surface area contributed by atoms with Gasteiger partial charge in [-0.1, -0.05) is 23.2 Å². The van der Waals surface area contributed by atoms with Crippen LogP contribution in [0.15, 0.2) is 12.1 Å². The third-order valence-electron chi connectivity index (χ3n) is 1.38. The largest absolute Gasteiger partial charge is 0.230 e. The van der Waals surface area contributed by atoms with Crippen molar-refractivity contribution < 1.29 is 0 Å². The lowest BCUT2D eigenvalue weighted by atomic mass is 10.3.